The van der Waals surface area contributed by atoms with E-state index in [2.05, 4.69) is 54.6 Å². The fraction of sp³-hybridized carbons (Fsp3) is 0.923. The molecule has 0 aromatic carbocycles. The third kappa shape index (κ3) is 3.47. The molecule has 0 aliphatic carbocycles. The van der Waals surface area contributed by atoms with Crippen molar-refractivity contribution in [3.63, 3.8) is 0 Å². The molecule has 1 aliphatic heterocycles. The molecule has 0 N–H and O–H groups in total. The highest BCUT2D eigenvalue weighted by molar-refractivity contribution is 6.73. The van der Waals surface area contributed by atoms with Crippen LogP contribution in [0, 0.1) is 0 Å². The standard InChI is InChI=1S/C13H28NO2Si/c1-11-9-10-13(5,6)15-14(11)16-17(7,8)12(2,3)4/h9-10H2,1-8H3/q+1. The molecule has 0 bridgehead atoms. The topological polar surface area (TPSA) is 21.5 Å². The molecule has 3 nitrogen and oxygen atoms in total. The van der Waals surface area contributed by atoms with E-state index in [1.807, 2.05) is 0 Å². The predicted molar refractivity (Wildman–Crippen MR) is 73.6 cm³/mol. The normalized spacial score (nSPS) is 21.2. The Bertz CT molecular complexity index is 327. The molecular formula is C13H28NO2Si+. The maximum atomic E-state index is 6.20. The minimum atomic E-state index is -1.82. The van der Waals surface area contributed by atoms with Crippen LogP contribution in [0.5, 0.6) is 0 Å². The molecule has 0 amide bonds. The van der Waals surface area contributed by atoms with Gasteiger partial charge in [-0.2, -0.15) is 0 Å². The number of rotatable bonds is 2. The van der Waals surface area contributed by atoms with E-state index in [1.165, 1.54) is 5.71 Å². The maximum absolute atomic E-state index is 6.20. The van der Waals surface area contributed by atoms with Crippen LogP contribution < -0.4 is 0 Å². The minimum absolute atomic E-state index is 0.123. The van der Waals surface area contributed by atoms with Crippen LogP contribution in [0.15, 0.2) is 0 Å². The minimum Gasteiger partial charge on any atom is -0.305 e. The lowest BCUT2D eigenvalue weighted by molar-refractivity contribution is -0.962. The summed E-state index contributed by atoms with van der Waals surface area (Å²) in [6, 6.07) is 0. The van der Waals surface area contributed by atoms with E-state index < -0.39 is 8.32 Å². The Kier molecular flexibility index (Phi) is 3.68. The molecule has 0 saturated carbocycles. The molecule has 17 heavy (non-hydrogen) atoms. The van der Waals surface area contributed by atoms with Gasteiger partial charge in [0.25, 0.3) is 5.71 Å². The van der Waals surface area contributed by atoms with Gasteiger partial charge in [0.15, 0.2) is 10.5 Å². The van der Waals surface area contributed by atoms with Crippen LogP contribution in [-0.2, 0) is 9.36 Å². The quantitative estimate of drug-likeness (QED) is 0.701. The summed E-state index contributed by atoms with van der Waals surface area (Å²) in [5.74, 6) is 0. The molecule has 0 aromatic heterocycles. The fourth-order valence-corrected chi connectivity index (χ4v) is 2.24. The summed E-state index contributed by atoms with van der Waals surface area (Å²) in [6.45, 7) is 17.5. The molecule has 0 aromatic rings. The van der Waals surface area contributed by atoms with Crippen LogP contribution in [0.25, 0.3) is 0 Å². The summed E-state index contributed by atoms with van der Waals surface area (Å²) in [4.78, 5) is 7.62. The van der Waals surface area contributed by atoms with E-state index >= 15 is 0 Å². The molecule has 100 valence electrons. The van der Waals surface area contributed by atoms with Gasteiger partial charge in [-0.15, -0.1) is 0 Å². The second kappa shape index (κ2) is 4.30. The Labute approximate surface area is 107 Å². The SMILES string of the molecule is CC1=[N+](O[Si](C)(C)C(C)(C)C)OC(C)(C)CC1. The Hall–Kier alpha value is -0.513. The van der Waals surface area contributed by atoms with Gasteiger partial charge in [0.1, 0.15) is 0 Å². The first-order valence-electron chi connectivity index (χ1n) is 6.45. The molecule has 0 unspecified atom stereocenters. The maximum Gasteiger partial charge on any atom is 0.351 e. The van der Waals surface area contributed by atoms with E-state index in [0.29, 0.717) is 0 Å². The van der Waals surface area contributed by atoms with Crippen molar-refractivity contribution < 1.29 is 14.3 Å². The van der Waals surface area contributed by atoms with Gasteiger partial charge < -0.3 is 4.53 Å². The number of hydrogen-bond acceptors (Lipinski definition) is 2. The predicted octanol–water partition coefficient (Wildman–Crippen LogP) is 3.90. The van der Waals surface area contributed by atoms with Gasteiger partial charge >= 0.3 is 8.32 Å². The second-order valence-corrected chi connectivity index (χ2v) is 11.9. The van der Waals surface area contributed by atoms with E-state index in [9.17, 15) is 0 Å². The van der Waals surface area contributed by atoms with Crippen molar-refractivity contribution in [2.24, 2.45) is 0 Å². The Morgan fingerprint density at radius 2 is 1.82 bits per heavy atom. The third-order valence-electron chi connectivity index (χ3n) is 3.85. The van der Waals surface area contributed by atoms with Crippen molar-refractivity contribution in [3.05, 3.63) is 0 Å². The Morgan fingerprint density at radius 3 is 2.29 bits per heavy atom. The zero-order chi connectivity index (χ0) is 13.5. The van der Waals surface area contributed by atoms with Crippen molar-refractivity contribution in [1.29, 1.82) is 0 Å². The second-order valence-electron chi connectivity index (χ2n) is 7.19. The Morgan fingerprint density at radius 1 is 1.29 bits per heavy atom. The highest BCUT2D eigenvalue weighted by Crippen LogP contribution is 2.37. The molecule has 0 saturated heterocycles. The zero-order valence-electron chi connectivity index (χ0n) is 12.7. The smallest absolute Gasteiger partial charge is 0.305 e. The first-order chi connectivity index (χ1) is 7.45. The largest absolute Gasteiger partial charge is 0.351 e. The van der Waals surface area contributed by atoms with Gasteiger partial charge in [-0.05, 0) is 32.0 Å². The molecule has 0 spiro atoms. The average Bonchev–Trinajstić information content (AvgIpc) is 2.08. The lowest BCUT2D eigenvalue weighted by Gasteiger charge is -2.33. The monoisotopic (exact) mass is 258 g/mol. The van der Waals surface area contributed by atoms with Crippen molar-refractivity contribution in [1.82, 2.24) is 0 Å². The number of nitrogens with zero attached hydrogens (tertiary/aromatic N) is 1. The van der Waals surface area contributed by atoms with Gasteiger partial charge in [-0.3, -0.25) is 0 Å². The van der Waals surface area contributed by atoms with Crippen molar-refractivity contribution in [2.45, 2.75) is 78.1 Å². The summed E-state index contributed by atoms with van der Waals surface area (Å²) in [5.41, 5.74) is 1.05. The van der Waals surface area contributed by atoms with Crippen LogP contribution >= 0.6 is 0 Å². The lowest BCUT2D eigenvalue weighted by Crippen LogP contribution is -2.48. The van der Waals surface area contributed by atoms with Crippen molar-refractivity contribution >= 4 is 14.0 Å². The van der Waals surface area contributed by atoms with E-state index in [0.717, 1.165) is 12.8 Å². The van der Waals surface area contributed by atoms with Gasteiger partial charge in [0.05, 0.1) is 0 Å². The molecule has 0 radical (unpaired) electrons. The lowest BCUT2D eigenvalue weighted by atomic mass is 10.0. The first kappa shape index (κ1) is 14.5. The van der Waals surface area contributed by atoms with E-state index in [1.54, 1.807) is 4.90 Å². The van der Waals surface area contributed by atoms with Crippen LogP contribution in [0.3, 0.4) is 0 Å². The summed E-state index contributed by atoms with van der Waals surface area (Å²) in [7, 11) is -1.82. The molecule has 0 fully saturated rings. The third-order valence-corrected chi connectivity index (χ3v) is 8.08. The van der Waals surface area contributed by atoms with Gasteiger partial charge in [0, 0.05) is 19.8 Å². The van der Waals surface area contributed by atoms with Crippen molar-refractivity contribution in [3.8, 4) is 0 Å². The Balaban J connectivity index is 2.88. The van der Waals surface area contributed by atoms with Crippen LogP contribution in [-0.4, -0.2) is 24.5 Å². The molecule has 0 atom stereocenters. The summed E-state index contributed by atoms with van der Waals surface area (Å²) in [6.07, 6.45) is 2.10. The molecule has 1 aliphatic rings. The zero-order valence-corrected chi connectivity index (χ0v) is 13.7. The molecule has 1 heterocycles. The molecular weight excluding hydrogens is 230 g/mol. The van der Waals surface area contributed by atoms with Gasteiger partial charge in [-0.25, -0.2) is 4.84 Å². The van der Waals surface area contributed by atoms with Gasteiger partial charge in [-0.1, -0.05) is 20.8 Å². The van der Waals surface area contributed by atoms with Crippen LogP contribution in [0.2, 0.25) is 18.1 Å². The molecule has 4 heteroatoms. The summed E-state index contributed by atoms with van der Waals surface area (Å²) >= 11 is 0. The van der Waals surface area contributed by atoms with Crippen LogP contribution in [0.4, 0.5) is 0 Å². The van der Waals surface area contributed by atoms with E-state index in [-0.39, 0.29) is 10.6 Å². The van der Waals surface area contributed by atoms with Crippen molar-refractivity contribution in [2.75, 3.05) is 0 Å². The van der Waals surface area contributed by atoms with Crippen LogP contribution in [0.1, 0.15) is 54.4 Å². The fourth-order valence-electron chi connectivity index (χ4n) is 1.36. The summed E-state index contributed by atoms with van der Waals surface area (Å²) in [5, 5.41) is 0.193. The summed E-state index contributed by atoms with van der Waals surface area (Å²) < 4.78 is 6.20. The van der Waals surface area contributed by atoms with Gasteiger partial charge in [0.2, 0.25) is 0 Å². The van der Waals surface area contributed by atoms with E-state index in [4.69, 9.17) is 9.36 Å². The highest BCUT2D eigenvalue weighted by atomic mass is 28.4. The average molecular weight is 258 g/mol. The first-order valence-corrected chi connectivity index (χ1v) is 9.36. The molecule has 1 rings (SSSR count). The number of hydrogen-bond donors (Lipinski definition) is 0. The highest BCUT2D eigenvalue weighted by Gasteiger charge is 2.47.